The number of nitrogens with zero attached hydrogens (tertiary/aromatic N) is 1. The predicted molar refractivity (Wildman–Crippen MR) is 83.3 cm³/mol. The van der Waals surface area contributed by atoms with Crippen molar-refractivity contribution >= 4 is 17.2 Å². The maximum atomic E-state index is 14.1. The lowest BCUT2D eigenvalue weighted by molar-refractivity contribution is 0.195. The number of rotatable bonds is 8. The third-order valence-electron chi connectivity index (χ3n) is 3.26. The van der Waals surface area contributed by atoms with Gasteiger partial charge in [-0.05, 0) is 6.42 Å². The van der Waals surface area contributed by atoms with Crippen LogP contribution in [0.1, 0.15) is 25.7 Å². The van der Waals surface area contributed by atoms with Gasteiger partial charge in [-0.1, -0.05) is 13.3 Å². The van der Waals surface area contributed by atoms with Crippen molar-refractivity contribution in [2.45, 2.75) is 26.2 Å². The molecule has 0 saturated carbocycles. The molecule has 1 amide bonds. The third kappa shape index (κ3) is 4.68. The second-order valence-electron chi connectivity index (χ2n) is 5.18. The fraction of sp³-hybridized carbons (Fsp3) is 0.375. The summed E-state index contributed by atoms with van der Waals surface area (Å²) in [6.45, 7) is 1.59. The molecular weight excluding hydrogens is 322 g/mol. The van der Waals surface area contributed by atoms with E-state index in [2.05, 4.69) is 4.98 Å². The van der Waals surface area contributed by atoms with Crippen LogP contribution >= 0.6 is 0 Å². The highest BCUT2D eigenvalue weighted by molar-refractivity contribution is 5.75. The number of benzene rings is 1. The molecule has 2 rings (SSSR count). The van der Waals surface area contributed by atoms with Crippen molar-refractivity contribution in [2.24, 2.45) is 0 Å². The summed E-state index contributed by atoms with van der Waals surface area (Å²) in [6, 6.07) is 2.61. The van der Waals surface area contributed by atoms with Gasteiger partial charge in [0.15, 0.2) is 17.3 Å². The van der Waals surface area contributed by atoms with Crippen molar-refractivity contribution in [1.82, 2.24) is 10.3 Å². The molecule has 6 nitrogen and oxygen atoms in total. The van der Waals surface area contributed by atoms with Crippen LogP contribution in [0.4, 0.5) is 13.6 Å². The molecule has 1 aromatic heterocycles. The van der Waals surface area contributed by atoms with Crippen LogP contribution in [0, 0.1) is 5.82 Å². The molecule has 0 spiro atoms. The molecule has 0 unspecified atom stereocenters. The Hall–Kier alpha value is -2.64. The lowest BCUT2D eigenvalue weighted by Gasteiger charge is -2.08. The second kappa shape index (κ2) is 8.28. The van der Waals surface area contributed by atoms with E-state index in [1.807, 2.05) is 12.2 Å². The zero-order chi connectivity index (χ0) is 17.5. The first-order valence-electron chi connectivity index (χ1n) is 7.50. The number of carboxylic acid groups (broad SMARTS) is 1. The minimum Gasteiger partial charge on any atom is -0.489 e. The van der Waals surface area contributed by atoms with E-state index in [0.717, 1.165) is 18.9 Å². The number of nitrogens with one attached hydrogen (secondary N) is 1. The first kappa shape index (κ1) is 17.7. The highest BCUT2D eigenvalue weighted by Gasteiger charge is 2.13. The van der Waals surface area contributed by atoms with Gasteiger partial charge in [0.25, 0.3) is 0 Å². The maximum Gasteiger partial charge on any atom is 0.404 e. The van der Waals surface area contributed by atoms with E-state index in [1.165, 1.54) is 6.07 Å². The van der Waals surface area contributed by atoms with Crippen LogP contribution < -0.4 is 10.1 Å². The lowest BCUT2D eigenvalue weighted by Crippen LogP contribution is -2.25. The average molecular weight is 340 g/mol. The number of ether oxygens (including phenoxy) is 1. The smallest absolute Gasteiger partial charge is 0.404 e. The predicted octanol–water partition coefficient (Wildman–Crippen LogP) is 3.81. The summed E-state index contributed by atoms with van der Waals surface area (Å²) in [5, 5.41) is 10.5. The molecule has 2 aromatic rings. The SMILES string of the molecule is CCCCc1nc2c(F)cc(OCC(=CF)CNC(=O)O)cc2o1. The van der Waals surface area contributed by atoms with Gasteiger partial charge in [-0.3, -0.25) is 0 Å². The van der Waals surface area contributed by atoms with Crippen molar-refractivity contribution in [3.63, 3.8) is 0 Å². The van der Waals surface area contributed by atoms with Gasteiger partial charge in [-0.2, -0.15) is 0 Å². The van der Waals surface area contributed by atoms with Gasteiger partial charge in [-0.25, -0.2) is 18.6 Å². The molecule has 0 atom stereocenters. The molecular formula is C16H18F2N2O4. The first-order valence-corrected chi connectivity index (χ1v) is 7.50. The van der Waals surface area contributed by atoms with Crippen LogP contribution in [0.5, 0.6) is 5.75 Å². The fourth-order valence-corrected chi connectivity index (χ4v) is 2.02. The van der Waals surface area contributed by atoms with Crippen molar-refractivity contribution in [2.75, 3.05) is 13.2 Å². The zero-order valence-corrected chi connectivity index (χ0v) is 13.1. The normalized spacial score (nSPS) is 11.7. The largest absolute Gasteiger partial charge is 0.489 e. The Morgan fingerprint density at radius 3 is 2.96 bits per heavy atom. The van der Waals surface area contributed by atoms with Gasteiger partial charge < -0.3 is 19.6 Å². The Kier molecular flexibility index (Phi) is 6.11. The minimum absolute atomic E-state index is 0.0686. The van der Waals surface area contributed by atoms with Crippen molar-refractivity contribution in [1.29, 1.82) is 0 Å². The summed E-state index contributed by atoms with van der Waals surface area (Å²) >= 11 is 0. The number of hydrogen-bond acceptors (Lipinski definition) is 4. The highest BCUT2D eigenvalue weighted by atomic mass is 19.1. The van der Waals surface area contributed by atoms with Gasteiger partial charge in [0.2, 0.25) is 0 Å². The van der Waals surface area contributed by atoms with Crippen LogP contribution in [0.25, 0.3) is 11.1 Å². The maximum absolute atomic E-state index is 14.1. The van der Waals surface area contributed by atoms with E-state index in [4.69, 9.17) is 14.3 Å². The number of amides is 1. The third-order valence-corrected chi connectivity index (χ3v) is 3.26. The van der Waals surface area contributed by atoms with Crippen molar-refractivity contribution in [3.8, 4) is 5.75 Å². The van der Waals surface area contributed by atoms with Crippen LogP contribution in [0.15, 0.2) is 28.5 Å². The fourth-order valence-electron chi connectivity index (χ4n) is 2.02. The molecule has 1 heterocycles. The Morgan fingerprint density at radius 1 is 1.50 bits per heavy atom. The number of hydrogen-bond donors (Lipinski definition) is 2. The molecule has 0 aliphatic rings. The average Bonchev–Trinajstić information content (AvgIpc) is 2.96. The van der Waals surface area contributed by atoms with Gasteiger partial charge in [0.1, 0.15) is 17.9 Å². The van der Waals surface area contributed by atoms with E-state index < -0.39 is 11.9 Å². The Labute approximate surface area is 137 Å². The molecule has 0 aliphatic heterocycles. The van der Waals surface area contributed by atoms with Crippen LogP contribution in [-0.4, -0.2) is 29.3 Å². The highest BCUT2D eigenvalue weighted by Crippen LogP contribution is 2.26. The van der Waals surface area contributed by atoms with Crippen molar-refractivity contribution < 1.29 is 27.8 Å². The summed E-state index contributed by atoms with van der Waals surface area (Å²) in [4.78, 5) is 14.5. The molecule has 0 bridgehead atoms. The summed E-state index contributed by atoms with van der Waals surface area (Å²) in [5.74, 6) is 0.00852. The summed E-state index contributed by atoms with van der Waals surface area (Å²) in [6.07, 6.45) is 1.46. The molecule has 8 heteroatoms. The molecule has 24 heavy (non-hydrogen) atoms. The van der Waals surface area contributed by atoms with E-state index in [1.54, 1.807) is 0 Å². The molecule has 0 fully saturated rings. The number of unbranched alkanes of at least 4 members (excludes halogenated alkanes) is 1. The quantitative estimate of drug-likeness (QED) is 0.763. The first-order chi connectivity index (χ1) is 11.5. The Balaban J connectivity index is 2.07. The number of halogens is 2. The van der Waals surface area contributed by atoms with E-state index in [0.29, 0.717) is 12.3 Å². The molecule has 2 N–H and O–H groups in total. The van der Waals surface area contributed by atoms with Crippen LogP contribution in [-0.2, 0) is 6.42 Å². The Morgan fingerprint density at radius 2 is 2.29 bits per heavy atom. The number of aryl methyl sites for hydroxylation is 1. The summed E-state index contributed by atoms with van der Waals surface area (Å²) < 4.78 is 37.5. The van der Waals surface area contributed by atoms with E-state index >= 15 is 0 Å². The molecule has 1 aromatic carbocycles. The lowest BCUT2D eigenvalue weighted by atomic mass is 10.2. The van der Waals surface area contributed by atoms with Gasteiger partial charge in [-0.15, -0.1) is 0 Å². The molecule has 130 valence electrons. The molecule has 0 radical (unpaired) electrons. The summed E-state index contributed by atoms with van der Waals surface area (Å²) in [5.41, 5.74) is 0.451. The van der Waals surface area contributed by atoms with E-state index in [-0.39, 0.29) is 41.9 Å². The Bertz CT molecular complexity index is 743. The number of oxazole rings is 1. The summed E-state index contributed by atoms with van der Waals surface area (Å²) in [7, 11) is 0. The topological polar surface area (TPSA) is 84.6 Å². The number of aromatic nitrogens is 1. The van der Waals surface area contributed by atoms with Gasteiger partial charge in [0.05, 0.1) is 6.33 Å². The van der Waals surface area contributed by atoms with Gasteiger partial charge >= 0.3 is 6.09 Å². The second-order valence-corrected chi connectivity index (χ2v) is 5.18. The molecule has 0 aliphatic carbocycles. The van der Waals surface area contributed by atoms with Crippen molar-refractivity contribution in [3.05, 3.63) is 35.7 Å². The van der Waals surface area contributed by atoms with Crippen LogP contribution in [0.3, 0.4) is 0 Å². The number of carbonyl (C=O) groups is 1. The minimum atomic E-state index is -1.27. The van der Waals surface area contributed by atoms with Gasteiger partial charge in [0, 0.05) is 30.7 Å². The zero-order valence-electron chi connectivity index (χ0n) is 13.1. The van der Waals surface area contributed by atoms with E-state index in [9.17, 15) is 13.6 Å². The van der Waals surface area contributed by atoms with Crippen LogP contribution in [0.2, 0.25) is 0 Å². The standard InChI is InChI=1S/C16H18F2N2O4/c1-2-3-4-14-20-15-12(18)5-11(6-13(15)24-14)23-9-10(7-17)8-19-16(21)22/h5-7,19H,2-4,8-9H2,1H3,(H,21,22). The number of fused-ring (bicyclic) bond motifs is 1. The monoisotopic (exact) mass is 340 g/mol. The molecule has 0 saturated heterocycles.